The summed E-state index contributed by atoms with van der Waals surface area (Å²) in [6.45, 7) is 8.66. The molecule has 5 atom stereocenters. The summed E-state index contributed by atoms with van der Waals surface area (Å²) in [5.74, 6) is 0.666. The number of likely N-dealkylation sites (tertiary alicyclic amines) is 3. The quantitative estimate of drug-likeness (QED) is 0.753. The van der Waals surface area contributed by atoms with Crippen molar-refractivity contribution in [1.82, 2.24) is 14.7 Å². The SMILES string of the molecule is C=C(C(N)CN1C[C@@H]2CC1C(=O)N2C1c2ccccc2-c2ccccc21)N1CC(C)CC1C#N. The highest BCUT2D eigenvalue weighted by Crippen LogP contribution is 2.50. The van der Waals surface area contributed by atoms with Gasteiger partial charge in [0.05, 0.1) is 24.2 Å². The predicted octanol–water partition coefficient (Wildman–Crippen LogP) is 3.12. The third kappa shape index (κ3) is 3.11. The van der Waals surface area contributed by atoms with E-state index in [0.29, 0.717) is 12.5 Å². The van der Waals surface area contributed by atoms with E-state index in [2.05, 4.69) is 82.8 Å². The number of carbonyl (C=O) groups is 1. The summed E-state index contributed by atoms with van der Waals surface area (Å²) in [6.07, 6.45) is 1.70. The molecule has 2 N–H and O–H groups in total. The minimum Gasteiger partial charge on any atom is -0.358 e. The van der Waals surface area contributed by atoms with E-state index in [4.69, 9.17) is 5.73 Å². The second-order valence-electron chi connectivity index (χ2n) is 10.4. The molecule has 3 aliphatic heterocycles. The van der Waals surface area contributed by atoms with E-state index in [0.717, 1.165) is 31.6 Å². The maximum Gasteiger partial charge on any atom is 0.241 e. The van der Waals surface area contributed by atoms with E-state index in [1.54, 1.807) is 0 Å². The summed E-state index contributed by atoms with van der Waals surface area (Å²) in [4.78, 5) is 20.2. The molecule has 0 saturated carbocycles. The van der Waals surface area contributed by atoms with Gasteiger partial charge >= 0.3 is 0 Å². The molecule has 2 aromatic carbocycles. The zero-order chi connectivity index (χ0) is 23.6. The van der Waals surface area contributed by atoms with E-state index >= 15 is 0 Å². The van der Waals surface area contributed by atoms with Crippen LogP contribution in [-0.2, 0) is 4.79 Å². The van der Waals surface area contributed by atoms with E-state index < -0.39 is 0 Å². The number of carbonyl (C=O) groups excluding carboxylic acids is 1. The van der Waals surface area contributed by atoms with Gasteiger partial charge in [0.1, 0.15) is 6.04 Å². The van der Waals surface area contributed by atoms with Crippen molar-refractivity contribution in [3.8, 4) is 17.2 Å². The fourth-order valence-electron chi connectivity index (χ4n) is 6.72. The van der Waals surface area contributed by atoms with Crippen LogP contribution >= 0.6 is 0 Å². The van der Waals surface area contributed by atoms with Crippen molar-refractivity contribution in [3.63, 3.8) is 0 Å². The summed E-state index contributed by atoms with van der Waals surface area (Å²) in [5.41, 5.74) is 12.3. The number of nitrogens with zero attached hydrogens (tertiary/aromatic N) is 4. The summed E-state index contributed by atoms with van der Waals surface area (Å²) in [6, 6.07) is 19.0. The third-order valence-electron chi connectivity index (χ3n) is 8.28. The molecule has 4 unspecified atom stereocenters. The Labute approximate surface area is 201 Å². The molecule has 34 heavy (non-hydrogen) atoms. The first-order valence-electron chi connectivity index (χ1n) is 12.3. The van der Waals surface area contributed by atoms with Gasteiger partial charge in [-0.15, -0.1) is 0 Å². The van der Waals surface area contributed by atoms with Gasteiger partial charge < -0.3 is 15.5 Å². The number of hydrogen-bond acceptors (Lipinski definition) is 5. The lowest BCUT2D eigenvalue weighted by Crippen LogP contribution is -2.54. The maximum atomic E-state index is 13.7. The molecular formula is C28H31N5O. The molecule has 1 amide bonds. The first kappa shape index (κ1) is 21.4. The standard InChI is InChI=1S/C28H31N5O/c1-17-11-19(13-29)32(14-17)18(2)25(30)16-31-15-20-12-26(31)28(34)33(20)27-23-9-5-3-7-21(23)22-8-4-6-10-24(22)27/h3-10,17,19-20,25-27H,2,11-12,14-16,30H2,1H3/t17?,19?,20-,25?,26?/m0/s1. The van der Waals surface area contributed by atoms with Crippen LogP contribution in [0.15, 0.2) is 60.8 Å². The van der Waals surface area contributed by atoms with Crippen LogP contribution in [0.3, 0.4) is 0 Å². The number of benzene rings is 2. The fraction of sp³-hybridized carbons (Fsp3) is 0.429. The van der Waals surface area contributed by atoms with Crippen molar-refractivity contribution < 1.29 is 4.79 Å². The Balaban J connectivity index is 1.20. The van der Waals surface area contributed by atoms with Crippen LogP contribution in [0.4, 0.5) is 0 Å². The van der Waals surface area contributed by atoms with Crippen molar-refractivity contribution in [1.29, 1.82) is 5.26 Å². The highest BCUT2D eigenvalue weighted by molar-refractivity contribution is 5.89. The zero-order valence-corrected chi connectivity index (χ0v) is 19.6. The van der Waals surface area contributed by atoms with Gasteiger partial charge in [0.2, 0.25) is 5.91 Å². The Morgan fingerprint density at radius 3 is 2.38 bits per heavy atom. The fourth-order valence-corrected chi connectivity index (χ4v) is 6.72. The Morgan fingerprint density at radius 1 is 1.12 bits per heavy atom. The normalized spacial score (nSPS) is 28.8. The van der Waals surface area contributed by atoms with Crippen molar-refractivity contribution >= 4 is 5.91 Å². The summed E-state index contributed by atoms with van der Waals surface area (Å²) in [5, 5.41) is 9.53. The van der Waals surface area contributed by atoms with Crippen molar-refractivity contribution in [2.45, 2.75) is 50.0 Å². The van der Waals surface area contributed by atoms with E-state index in [9.17, 15) is 10.1 Å². The number of nitriles is 1. The lowest BCUT2D eigenvalue weighted by molar-refractivity contribution is -0.138. The van der Waals surface area contributed by atoms with Crippen molar-refractivity contribution in [2.75, 3.05) is 19.6 Å². The monoisotopic (exact) mass is 453 g/mol. The average Bonchev–Trinajstić information content (AvgIpc) is 3.59. The Bertz CT molecular complexity index is 1160. The molecule has 6 nitrogen and oxygen atoms in total. The smallest absolute Gasteiger partial charge is 0.241 e. The number of hydrogen-bond donors (Lipinski definition) is 1. The van der Waals surface area contributed by atoms with Crippen LogP contribution in [0.2, 0.25) is 0 Å². The minimum absolute atomic E-state index is 0.0110. The van der Waals surface area contributed by atoms with Gasteiger partial charge in [-0.3, -0.25) is 9.69 Å². The van der Waals surface area contributed by atoms with Gasteiger partial charge in [-0.25, -0.2) is 0 Å². The Kier molecular flexibility index (Phi) is 5.02. The first-order chi connectivity index (χ1) is 16.5. The molecule has 2 aromatic rings. The van der Waals surface area contributed by atoms with E-state index in [1.807, 2.05) is 0 Å². The average molecular weight is 454 g/mol. The van der Waals surface area contributed by atoms with Gasteiger partial charge in [-0.05, 0) is 41.0 Å². The summed E-state index contributed by atoms with van der Waals surface area (Å²) in [7, 11) is 0. The number of fused-ring (bicyclic) bond motifs is 5. The Hall–Kier alpha value is -3.14. The molecule has 0 spiro atoms. The number of nitrogens with two attached hydrogens (primary N) is 1. The molecule has 3 heterocycles. The minimum atomic E-state index is -0.283. The highest BCUT2D eigenvalue weighted by Gasteiger charge is 2.53. The highest BCUT2D eigenvalue weighted by atomic mass is 16.2. The van der Waals surface area contributed by atoms with Crippen LogP contribution in [-0.4, -0.2) is 64.4 Å². The van der Waals surface area contributed by atoms with Gasteiger partial charge in [0.15, 0.2) is 0 Å². The van der Waals surface area contributed by atoms with E-state index in [1.165, 1.54) is 22.3 Å². The van der Waals surface area contributed by atoms with Gasteiger partial charge in [-0.1, -0.05) is 62.0 Å². The van der Waals surface area contributed by atoms with Crippen LogP contribution in [0.25, 0.3) is 11.1 Å². The first-order valence-corrected chi connectivity index (χ1v) is 12.3. The van der Waals surface area contributed by atoms with Crippen LogP contribution in [0.1, 0.15) is 36.9 Å². The van der Waals surface area contributed by atoms with Crippen LogP contribution in [0, 0.1) is 17.2 Å². The van der Waals surface area contributed by atoms with Gasteiger partial charge in [0, 0.05) is 31.4 Å². The van der Waals surface area contributed by atoms with Crippen molar-refractivity contribution in [3.05, 3.63) is 71.9 Å². The van der Waals surface area contributed by atoms with Crippen LogP contribution < -0.4 is 5.73 Å². The van der Waals surface area contributed by atoms with E-state index in [-0.39, 0.29) is 36.1 Å². The molecule has 6 rings (SSSR count). The zero-order valence-electron chi connectivity index (χ0n) is 19.6. The lowest BCUT2D eigenvalue weighted by atomic mass is 10.0. The second-order valence-corrected chi connectivity index (χ2v) is 10.4. The predicted molar refractivity (Wildman–Crippen MR) is 131 cm³/mol. The van der Waals surface area contributed by atoms with Crippen LogP contribution in [0.5, 0.6) is 0 Å². The third-order valence-corrected chi connectivity index (χ3v) is 8.28. The molecule has 1 aliphatic carbocycles. The number of amides is 1. The second kappa shape index (κ2) is 7.97. The number of piperazine rings is 1. The topological polar surface area (TPSA) is 76.6 Å². The molecule has 174 valence electrons. The molecule has 3 saturated heterocycles. The molecule has 0 aromatic heterocycles. The Morgan fingerprint density at radius 2 is 1.76 bits per heavy atom. The van der Waals surface area contributed by atoms with Crippen molar-refractivity contribution in [2.24, 2.45) is 11.7 Å². The molecule has 4 aliphatic rings. The molecule has 2 bridgehead atoms. The summed E-state index contributed by atoms with van der Waals surface area (Å²) >= 11 is 0. The lowest BCUT2D eigenvalue weighted by Gasteiger charge is -2.39. The number of rotatable bonds is 5. The molecule has 0 radical (unpaired) electrons. The molecular weight excluding hydrogens is 422 g/mol. The largest absolute Gasteiger partial charge is 0.358 e. The summed E-state index contributed by atoms with van der Waals surface area (Å²) < 4.78 is 0. The molecule has 6 heteroatoms. The van der Waals surface area contributed by atoms with Gasteiger partial charge in [0.25, 0.3) is 0 Å². The maximum absolute atomic E-state index is 13.7. The van der Waals surface area contributed by atoms with Gasteiger partial charge in [-0.2, -0.15) is 5.26 Å². The molecule has 3 fully saturated rings.